The summed E-state index contributed by atoms with van der Waals surface area (Å²) in [6.07, 6.45) is 4.74. The summed E-state index contributed by atoms with van der Waals surface area (Å²) in [6.45, 7) is 2.87. The van der Waals surface area contributed by atoms with Crippen molar-refractivity contribution in [1.82, 2.24) is 4.90 Å². The quantitative estimate of drug-likeness (QED) is 0.790. The van der Waals surface area contributed by atoms with E-state index < -0.39 is 0 Å². The molecule has 0 amide bonds. The normalized spacial score (nSPS) is 22.6. The first kappa shape index (κ1) is 15.8. The molecule has 1 unspecified atom stereocenters. The van der Waals surface area contributed by atoms with Gasteiger partial charge in [-0.05, 0) is 37.1 Å². The predicted octanol–water partition coefficient (Wildman–Crippen LogP) is 4.14. The van der Waals surface area contributed by atoms with Gasteiger partial charge >= 0.3 is 0 Å². The van der Waals surface area contributed by atoms with Gasteiger partial charge in [-0.3, -0.25) is 4.90 Å². The van der Waals surface area contributed by atoms with Crippen LogP contribution in [0, 0.1) is 0 Å². The highest BCUT2D eigenvalue weighted by Gasteiger charge is 2.50. The van der Waals surface area contributed by atoms with Crippen molar-refractivity contribution in [3.8, 4) is 0 Å². The highest BCUT2D eigenvalue weighted by molar-refractivity contribution is 5.41. The Kier molecular flexibility index (Phi) is 4.65. The van der Waals surface area contributed by atoms with E-state index in [1.54, 1.807) is 0 Å². The van der Waals surface area contributed by atoms with Gasteiger partial charge in [-0.15, -0.1) is 0 Å². The van der Waals surface area contributed by atoms with Crippen LogP contribution in [0.5, 0.6) is 0 Å². The van der Waals surface area contributed by atoms with Gasteiger partial charge in [0.1, 0.15) is 11.6 Å². The third-order valence-electron chi connectivity index (χ3n) is 5.40. The Morgan fingerprint density at radius 3 is 1.88 bits per heavy atom. The molecule has 0 saturated carbocycles. The van der Waals surface area contributed by atoms with E-state index in [-0.39, 0.29) is 11.6 Å². The molecule has 2 saturated heterocycles. The molecule has 3 heteroatoms. The fourth-order valence-electron chi connectivity index (χ4n) is 4.35. The molecular formula is C21H25NO2. The third-order valence-corrected chi connectivity index (χ3v) is 5.40. The maximum absolute atomic E-state index is 5.84. The lowest BCUT2D eigenvalue weighted by molar-refractivity contribution is -0.293. The fraction of sp³-hybridized carbons (Fsp3) is 0.429. The van der Waals surface area contributed by atoms with Crippen LogP contribution in [-0.2, 0) is 15.3 Å². The Labute approximate surface area is 144 Å². The van der Waals surface area contributed by atoms with Crippen molar-refractivity contribution in [2.45, 2.75) is 37.3 Å². The zero-order valence-corrected chi connectivity index (χ0v) is 14.1. The van der Waals surface area contributed by atoms with Crippen LogP contribution in [0.4, 0.5) is 0 Å². The second kappa shape index (κ2) is 7.06. The Morgan fingerprint density at radius 1 is 0.792 bits per heavy atom. The van der Waals surface area contributed by atoms with Crippen LogP contribution in [-0.4, -0.2) is 30.7 Å². The van der Waals surface area contributed by atoms with Gasteiger partial charge in [-0.25, -0.2) is 9.78 Å². The zero-order chi connectivity index (χ0) is 16.2. The van der Waals surface area contributed by atoms with Gasteiger partial charge in [0.2, 0.25) is 0 Å². The number of hydrogen-bond acceptors (Lipinski definition) is 3. The SMILES string of the molecule is c1ccc(C(c2ccccc2)(C2CCOO2)N2CCCCC2)cc1. The second-order valence-electron chi connectivity index (χ2n) is 6.74. The predicted molar refractivity (Wildman–Crippen MR) is 94.5 cm³/mol. The number of hydrogen-bond donors (Lipinski definition) is 0. The minimum Gasteiger partial charge on any atom is -0.288 e. The average Bonchev–Trinajstić information content (AvgIpc) is 3.20. The van der Waals surface area contributed by atoms with Crippen LogP contribution in [0.1, 0.15) is 36.8 Å². The molecule has 0 N–H and O–H groups in total. The van der Waals surface area contributed by atoms with Crippen LogP contribution in [0.25, 0.3) is 0 Å². The van der Waals surface area contributed by atoms with Crippen molar-refractivity contribution < 1.29 is 9.78 Å². The summed E-state index contributed by atoms with van der Waals surface area (Å²) in [6, 6.07) is 21.7. The Morgan fingerprint density at radius 2 is 1.38 bits per heavy atom. The van der Waals surface area contributed by atoms with Crippen molar-refractivity contribution >= 4 is 0 Å². The van der Waals surface area contributed by atoms with E-state index >= 15 is 0 Å². The number of rotatable bonds is 4. The van der Waals surface area contributed by atoms with E-state index in [2.05, 4.69) is 65.6 Å². The molecule has 4 rings (SSSR count). The van der Waals surface area contributed by atoms with Gasteiger partial charge in [-0.2, -0.15) is 0 Å². The van der Waals surface area contributed by atoms with E-state index in [1.807, 2.05) is 0 Å². The summed E-state index contributed by atoms with van der Waals surface area (Å²) in [4.78, 5) is 13.8. The number of benzene rings is 2. The maximum Gasteiger partial charge on any atom is 0.122 e. The Balaban J connectivity index is 1.91. The molecule has 2 heterocycles. The summed E-state index contributed by atoms with van der Waals surface area (Å²) >= 11 is 0. The topological polar surface area (TPSA) is 21.7 Å². The summed E-state index contributed by atoms with van der Waals surface area (Å²) in [5, 5.41) is 0. The van der Waals surface area contributed by atoms with Crippen molar-refractivity contribution in [2.75, 3.05) is 19.7 Å². The molecule has 0 spiro atoms. The number of nitrogens with zero attached hydrogens (tertiary/aromatic N) is 1. The maximum atomic E-state index is 5.84. The molecular weight excluding hydrogens is 298 g/mol. The van der Waals surface area contributed by atoms with Crippen LogP contribution >= 0.6 is 0 Å². The molecule has 2 fully saturated rings. The lowest BCUT2D eigenvalue weighted by atomic mass is 9.75. The second-order valence-corrected chi connectivity index (χ2v) is 6.74. The summed E-state index contributed by atoms with van der Waals surface area (Å²) in [7, 11) is 0. The number of piperidine rings is 1. The fourth-order valence-corrected chi connectivity index (χ4v) is 4.35. The van der Waals surface area contributed by atoms with Gasteiger partial charge in [0.25, 0.3) is 0 Å². The Bertz CT molecular complexity index is 592. The van der Waals surface area contributed by atoms with Crippen LogP contribution in [0.3, 0.4) is 0 Å². The molecule has 0 aliphatic carbocycles. The molecule has 2 aromatic carbocycles. The minimum absolute atomic E-state index is 0.0143. The van der Waals surface area contributed by atoms with Crippen molar-refractivity contribution in [1.29, 1.82) is 0 Å². The monoisotopic (exact) mass is 323 g/mol. The number of likely N-dealkylation sites (tertiary alicyclic amines) is 1. The van der Waals surface area contributed by atoms with Gasteiger partial charge in [-0.1, -0.05) is 67.1 Å². The molecule has 24 heavy (non-hydrogen) atoms. The molecule has 2 aliphatic rings. The summed E-state index contributed by atoms with van der Waals surface area (Å²) in [5.41, 5.74) is 2.32. The molecule has 1 atom stereocenters. The van der Waals surface area contributed by atoms with E-state index in [9.17, 15) is 0 Å². The molecule has 0 bridgehead atoms. The van der Waals surface area contributed by atoms with Gasteiger partial charge < -0.3 is 0 Å². The lowest BCUT2D eigenvalue weighted by Gasteiger charge is -2.49. The van der Waals surface area contributed by atoms with Crippen molar-refractivity contribution in [3.05, 3.63) is 71.8 Å². The first-order valence-electron chi connectivity index (χ1n) is 9.07. The minimum atomic E-state index is -0.278. The first-order valence-corrected chi connectivity index (χ1v) is 9.07. The van der Waals surface area contributed by atoms with Gasteiger partial charge in [0, 0.05) is 6.42 Å². The Hall–Kier alpha value is -1.68. The first-order chi connectivity index (χ1) is 11.9. The lowest BCUT2D eigenvalue weighted by Crippen LogP contribution is -2.56. The highest BCUT2D eigenvalue weighted by atomic mass is 17.2. The van der Waals surface area contributed by atoms with Crippen molar-refractivity contribution in [2.24, 2.45) is 0 Å². The molecule has 0 radical (unpaired) electrons. The largest absolute Gasteiger partial charge is 0.288 e. The van der Waals surface area contributed by atoms with Gasteiger partial charge in [0.15, 0.2) is 0 Å². The smallest absolute Gasteiger partial charge is 0.122 e. The molecule has 2 aromatic rings. The highest BCUT2D eigenvalue weighted by Crippen LogP contribution is 2.44. The van der Waals surface area contributed by atoms with E-state index in [4.69, 9.17) is 9.78 Å². The summed E-state index contributed by atoms with van der Waals surface area (Å²) < 4.78 is 0. The molecule has 2 aliphatic heterocycles. The average molecular weight is 323 g/mol. The molecule has 126 valence electrons. The third kappa shape index (κ3) is 2.67. The van der Waals surface area contributed by atoms with E-state index in [0.717, 1.165) is 19.5 Å². The standard InChI is InChI=1S/C21H25NO2/c1-4-10-18(11-5-1)21(20-14-17-23-24-20,19-12-6-2-7-13-19)22-15-8-3-9-16-22/h1-2,4-7,10-13,20H,3,8-9,14-17H2. The van der Waals surface area contributed by atoms with Crippen molar-refractivity contribution in [3.63, 3.8) is 0 Å². The zero-order valence-electron chi connectivity index (χ0n) is 14.1. The summed E-state index contributed by atoms with van der Waals surface area (Å²) in [5.74, 6) is 0. The van der Waals surface area contributed by atoms with E-state index in [0.29, 0.717) is 6.61 Å². The van der Waals surface area contributed by atoms with E-state index in [1.165, 1.54) is 30.4 Å². The van der Waals surface area contributed by atoms with Crippen LogP contribution in [0.2, 0.25) is 0 Å². The molecule has 3 nitrogen and oxygen atoms in total. The van der Waals surface area contributed by atoms with Gasteiger partial charge in [0.05, 0.1) is 6.61 Å². The molecule has 0 aromatic heterocycles. The van der Waals surface area contributed by atoms with Crippen LogP contribution < -0.4 is 0 Å². The van der Waals surface area contributed by atoms with Crippen LogP contribution in [0.15, 0.2) is 60.7 Å².